The van der Waals surface area contributed by atoms with Gasteiger partial charge in [-0.1, -0.05) is 26.0 Å². The molecule has 1 aliphatic heterocycles. The molecule has 1 unspecified atom stereocenters. The minimum atomic E-state index is -0.187. The number of nitrogens with zero attached hydrogens (tertiary/aromatic N) is 4. The van der Waals surface area contributed by atoms with E-state index in [1.165, 1.54) is 9.56 Å². The largest absolute Gasteiger partial charge is 0.378 e. The van der Waals surface area contributed by atoms with E-state index in [-0.39, 0.29) is 23.4 Å². The van der Waals surface area contributed by atoms with Crippen molar-refractivity contribution in [3.8, 4) is 0 Å². The SMILES string of the molecule is CC(C)(C)C1CCc2c(sc3nnn(CC(=O)N4CCOCC4)c(=O)c23)C1. The molecule has 27 heavy (non-hydrogen) atoms. The van der Waals surface area contributed by atoms with E-state index < -0.39 is 0 Å². The van der Waals surface area contributed by atoms with E-state index in [4.69, 9.17) is 4.74 Å². The zero-order valence-corrected chi connectivity index (χ0v) is 17.0. The molecule has 1 atom stereocenters. The summed E-state index contributed by atoms with van der Waals surface area (Å²) < 4.78 is 6.50. The van der Waals surface area contributed by atoms with Gasteiger partial charge in [0.15, 0.2) is 4.83 Å². The third-order valence-electron chi connectivity index (χ3n) is 5.81. The number of carbonyl (C=O) groups is 1. The molecule has 0 saturated carbocycles. The number of morpholine rings is 1. The van der Waals surface area contributed by atoms with E-state index in [0.29, 0.717) is 42.4 Å². The second-order valence-corrected chi connectivity index (χ2v) is 9.62. The summed E-state index contributed by atoms with van der Waals surface area (Å²) >= 11 is 1.59. The van der Waals surface area contributed by atoms with Gasteiger partial charge in [-0.3, -0.25) is 9.59 Å². The number of thiophene rings is 1. The van der Waals surface area contributed by atoms with Crippen LogP contribution in [0.2, 0.25) is 0 Å². The first-order valence-corrected chi connectivity index (χ1v) is 10.4. The molecule has 1 fully saturated rings. The number of ether oxygens (including phenoxy) is 1. The van der Waals surface area contributed by atoms with Gasteiger partial charge in [-0.05, 0) is 36.2 Å². The molecule has 0 radical (unpaired) electrons. The molecular weight excluding hydrogens is 364 g/mol. The molecule has 146 valence electrons. The predicted molar refractivity (Wildman–Crippen MR) is 104 cm³/mol. The highest BCUT2D eigenvalue weighted by Crippen LogP contribution is 2.41. The van der Waals surface area contributed by atoms with Crippen molar-refractivity contribution in [2.75, 3.05) is 26.3 Å². The minimum absolute atomic E-state index is 0.0585. The van der Waals surface area contributed by atoms with E-state index in [0.717, 1.165) is 24.8 Å². The molecule has 8 heteroatoms. The van der Waals surface area contributed by atoms with Gasteiger partial charge in [0.2, 0.25) is 5.91 Å². The van der Waals surface area contributed by atoms with Gasteiger partial charge in [0.25, 0.3) is 5.56 Å². The molecule has 1 saturated heterocycles. The second-order valence-electron chi connectivity index (χ2n) is 8.54. The van der Waals surface area contributed by atoms with Crippen LogP contribution in [-0.2, 0) is 28.9 Å². The van der Waals surface area contributed by atoms with Crippen molar-refractivity contribution >= 4 is 27.5 Å². The molecule has 2 aliphatic rings. The molecule has 0 N–H and O–H groups in total. The van der Waals surface area contributed by atoms with Gasteiger partial charge >= 0.3 is 0 Å². The number of fused-ring (bicyclic) bond motifs is 3. The summed E-state index contributed by atoms with van der Waals surface area (Å²) in [6, 6.07) is 0. The summed E-state index contributed by atoms with van der Waals surface area (Å²) in [6.45, 7) is 8.98. The maximum atomic E-state index is 13.0. The molecule has 0 bridgehead atoms. The molecule has 4 rings (SSSR count). The van der Waals surface area contributed by atoms with Gasteiger partial charge in [0.05, 0.1) is 18.6 Å². The highest BCUT2D eigenvalue weighted by Gasteiger charge is 2.32. The quantitative estimate of drug-likeness (QED) is 0.782. The second kappa shape index (κ2) is 6.98. The van der Waals surface area contributed by atoms with Crippen LogP contribution in [-0.4, -0.2) is 52.1 Å². The minimum Gasteiger partial charge on any atom is -0.378 e. The van der Waals surface area contributed by atoms with Crippen LogP contribution in [0.15, 0.2) is 4.79 Å². The number of amides is 1. The fourth-order valence-electron chi connectivity index (χ4n) is 4.01. The Morgan fingerprint density at radius 3 is 2.74 bits per heavy atom. The van der Waals surface area contributed by atoms with Gasteiger partial charge in [0.1, 0.15) is 6.54 Å². The summed E-state index contributed by atoms with van der Waals surface area (Å²) in [4.78, 5) is 29.2. The Morgan fingerprint density at radius 2 is 2.04 bits per heavy atom. The summed E-state index contributed by atoms with van der Waals surface area (Å²) in [5.41, 5.74) is 1.20. The number of hydrogen-bond donors (Lipinski definition) is 0. The molecule has 1 aliphatic carbocycles. The molecule has 2 aromatic heterocycles. The Balaban J connectivity index is 1.63. The number of aromatic nitrogens is 3. The summed E-state index contributed by atoms with van der Waals surface area (Å²) in [6.07, 6.45) is 2.97. The van der Waals surface area contributed by atoms with Crippen molar-refractivity contribution < 1.29 is 9.53 Å². The summed E-state index contributed by atoms with van der Waals surface area (Å²) in [7, 11) is 0. The van der Waals surface area contributed by atoms with Gasteiger partial charge in [-0.2, -0.15) is 0 Å². The predicted octanol–water partition coefficient (Wildman–Crippen LogP) is 1.86. The van der Waals surface area contributed by atoms with Crippen LogP contribution in [0, 0.1) is 11.3 Å². The van der Waals surface area contributed by atoms with Crippen LogP contribution in [0.1, 0.15) is 37.6 Å². The van der Waals surface area contributed by atoms with Crippen LogP contribution in [0.5, 0.6) is 0 Å². The molecule has 2 aromatic rings. The number of hydrogen-bond acceptors (Lipinski definition) is 6. The van der Waals surface area contributed by atoms with Gasteiger partial charge in [-0.15, -0.1) is 16.4 Å². The molecule has 0 spiro atoms. The molecule has 1 amide bonds. The Kier molecular flexibility index (Phi) is 4.80. The maximum Gasteiger partial charge on any atom is 0.279 e. The first-order valence-electron chi connectivity index (χ1n) is 9.58. The smallest absolute Gasteiger partial charge is 0.279 e. The van der Waals surface area contributed by atoms with Crippen molar-refractivity contribution in [2.24, 2.45) is 11.3 Å². The Bertz CT molecular complexity index is 921. The van der Waals surface area contributed by atoms with Crippen molar-refractivity contribution in [1.82, 2.24) is 19.9 Å². The number of aryl methyl sites for hydroxylation is 1. The average Bonchev–Trinajstić information content (AvgIpc) is 3.02. The topological polar surface area (TPSA) is 77.3 Å². The van der Waals surface area contributed by atoms with E-state index in [1.54, 1.807) is 16.2 Å². The maximum absolute atomic E-state index is 13.0. The zero-order chi connectivity index (χ0) is 19.2. The van der Waals surface area contributed by atoms with Crippen LogP contribution >= 0.6 is 11.3 Å². The fourth-order valence-corrected chi connectivity index (χ4v) is 5.25. The zero-order valence-electron chi connectivity index (χ0n) is 16.2. The van der Waals surface area contributed by atoms with Gasteiger partial charge < -0.3 is 9.64 Å². The Hall–Kier alpha value is -1.80. The van der Waals surface area contributed by atoms with E-state index >= 15 is 0 Å². The Labute approximate surface area is 162 Å². The first-order chi connectivity index (χ1) is 12.8. The third-order valence-corrected chi connectivity index (χ3v) is 6.95. The van der Waals surface area contributed by atoms with Crippen molar-refractivity contribution in [2.45, 2.75) is 46.6 Å². The van der Waals surface area contributed by atoms with Crippen molar-refractivity contribution in [1.29, 1.82) is 0 Å². The van der Waals surface area contributed by atoms with Crippen molar-refractivity contribution in [3.05, 3.63) is 20.8 Å². The lowest BCUT2D eigenvalue weighted by Gasteiger charge is -2.33. The van der Waals surface area contributed by atoms with E-state index in [9.17, 15) is 9.59 Å². The van der Waals surface area contributed by atoms with Crippen LogP contribution < -0.4 is 5.56 Å². The fraction of sp³-hybridized carbons (Fsp3) is 0.684. The van der Waals surface area contributed by atoms with Crippen molar-refractivity contribution in [3.63, 3.8) is 0 Å². The Morgan fingerprint density at radius 1 is 1.30 bits per heavy atom. The molecule has 3 heterocycles. The lowest BCUT2D eigenvalue weighted by atomic mass is 9.72. The molecule has 0 aromatic carbocycles. The highest BCUT2D eigenvalue weighted by atomic mass is 32.1. The lowest BCUT2D eigenvalue weighted by molar-refractivity contribution is -0.136. The average molecular weight is 391 g/mol. The van der Waals surface area contributed by atoms with Crippen LogP contribution in [0.4, 0.5) is 0 Å². The highest BCUT2D eigenvalue weighted by molar-refractivity contribution is 7.18. The van der Waals surface area contributed by atoms with E-state index in [1.807, 2.05) is 0 Å². The monoisotopic (exact) mass is 390 g/mol. The first kappa shape index (κ1) is 18.6. The molecule has 7 nitrogen and oxygen atoms in total. The standard InChI is InChI=1S/C19H26N4O3S/c1-19(2,3)12-4-5-13-14(10-12)27-17-16(13)18(25)23(21-20-17)11-15(24)22-6-8-26-9-7-22/h12H,4-11H2,1-3H3. The van der Waals surface area contributed by atoms with Crippen LogP contribution in [0.3, 0.4) is 0 Å². The summed E-state index contributed by atoms with van der Waals surface area (Å²) in [5.74, 6) is 0.502. The molecular formula is C19H26N4O3S. The van der Waals surface area contributed by atoms with E-state index in [2.05, 4.69) is 31.1 Å². The number of carbonyl (C=O) groups excluding carboxylic acids is 1. The summed E-state index contributed by atoms with van der Waals surface area (Å²) in [5, 5.41) is 8.98. The third kappa shape index (κ3) is 3.52. The number of rotatable bonds is 2. The van der Waals surface area contributed by atoms with Crippen LogP contribution in [0.25, 0.3) is 10.2 Å². The van der Waals surface area contributed by atoms with Gasteiger partial charge in [-0.25, -0.2) is 4.68 Å². The van der Waals surface area contributed by atoms with Gasteiger partial charge in [0, 0.05) is 18.0 Å². The lowest BCUT2D eigenvalue weighted by Crippen LogP contribution is -2.43. The normalized spacial score (nSPS) is 20.7.